The Morgan fingerprint density at radius 2 is 1.88 bits per heavy atom. The van der Waals surface area contributed by atoms with Gasteiger partial charge in [-0.3, -0.25) is 9.89 Å². The fourth-order valence-corrected chi connectivity index (χ4v) is 4.20. The molecule has 1 aliphatic rings. The first-order chi connectivity index (χ1) is 16.8. The van der Waals surface area contributed by atoms with Gasteiger partial charge in [-0.25, -0.2) is 14.5 Å². The van der Waals surface area contributed by atoms with Crippen molar-refractivity contribution in [2.75, 3.05) is 39.3 Å². The van der Waals surface area contributed by atoms with Gasteiger partial charge in [-0.2, -0.15) is 5.10 Å². The van der Waals surface area contributed by atoms with E-state index in [1.165, 1.54) is 0 Å². The van der Waals surface area contributed by atoms with Gasteiger partial charge in [0.1, 0.15) is 6.61 Å². The largest absolute Gasteiger partial charge is 0.476 e. The maximum Gasteiger partial charge on any atom is 0.213 e. The average Bonchev–Trinajstić information content (AvgIpc) is 3.32. The van der Waals surface area contributed by atoms with Crippen molar-refractivity contribution in [1.82, 2.24) is 29.8 Å². The van der Waals surface area contributed by atoms with E-state index in [0.29, 0.717) is 12.5 Å². The van der Waals surface area contributed by atoms with Crippen LogP contribution in [0.15, 0.2) is 66.7 Å². The first-order valence-electron chi connectivity index (χ1n) is 11.3. The number of piperazine rings is 1. The maximum absolute atomic E-state index is 5.84. The third-order valence-corrected chi connectivity index (χ3v) is 6.04. The van der Waals surface area contributed by atoms with Gasteiger partial charge in [-0.15, -0.1) is 0 Å². The number of hydrogen-bond donors (Lipinski definition) is 1. The molecule has 4 heterocycles. The molecule has 0 atom stereocenters. The van der Waals surface area contributed by atoms with Gasteiger partial charge in [-0.05, 0) is 24.4 Å². The Balaban J connectivity index is 1.32. The summed E-state index contributed by atoms with van der Waals surface area (Å²) in [6.07, 6.45) is 9.20. The molecule has 172 valence electrons. The lowest BCUT2D eigenvalue weighted by atomic mass is 10.0. The molecule has 0 bridgehead atoms. The second-order valence-electron chi connectivity index (χ2n) is 8.09. The number of ether oxygens (including phenoxy) is 1. The molecule has 0 saturated carbocycles. The Morgan fingerprint density at radius 3 is 2.65 bits per heavy atom. The predicted molar refractivity (Wildman–Crippen MR) is 136 cm³/mol. The zero-order chi connectivity index (χ0) is 23.3. The van der Waals surface area contributed by atoms with Crippen LogP contribution in [0.2, 0.25) is 0 Å². The first kappa shape index (κ1) is 21.9. The van der Waals surface area contributed by atoms with Crippen LogP contribution in [-0.4, -0.2) is 70.5 Å². The number of pyridine rings is 1. The van der Waals surface area contributed by atoms with Gasteiger partial charge >= 0.3 is 0 Å². The maximum atomic E-state index is 5.84. The summed E-state index contributed by atoms with van der Waals surface area (Å²) in [6.45, 7) is 13.3. The van der Waals surface area contributed by atoms with E-state index in [0.717, 1.165) is 71.9 Å². The lowest BCUT2D eigenvalue weighted by molar-refractivity contribution is 0.188. The smallest absolute Gasteiger partial charge is 0.213 e. The summed E-state index contributed by atoms with van der Waals surface area (Å²) in [5, 5.41) is 7.89. The van der Waals surface area contributed by atoms with Crippen molar-refractivity contribution in [3.8, 4) is 28.1 Å². The molecular formula is C26H27N7O. The highest BCUT2D eigenvalue weighted by Gasteiger charge is 2.14. The molecule has 8 heteroatoms. The highest BCUT2D eigenvalue weighted by atomic mass is 16.5. The van der Waals surface area contributed by atoms with E-state index in [1.54, 1.807) is 10.6 Å². The van der Waals surface area contributed by atoms with E-state index in [-0.39, 0.29) is 0 Å². The number of benzene rings is 1. The van der Waals surface area contributed by atoms with Crippen LogP contribution in [0.4, 0.5) is 5.69 Å². The first-order valence-corrected chi connectivity index (χ1v) is 11.3. The molecule has 1 N–H and O–H groups in total. The molecule has 0 unspecified atom stereocenters. The summed E-state index contributed by atoms with van der Waals surface area (Å²) >= 11 is 0. The van der Waals surface area contributed by atoms with Crippen LogP contribution in [0, 0.1) is 0 Å². The van der Waals surface area contributed by atoms with E-state index < -0.39 is 0 Å². The van der Waals surface area contributed by atoms with E-state index in [4.69, 9.17) is 9.72 Å². The molecule has 34 heavy (non-hydrogen) atoms. The van der Waals surface area contributed by atoms with Crippen molar-refractivity contribution < 1.29 is 4.74 Å². The van der Waals surface area contributed by atoms with Crippen molar-refractivity contribution in [2.45, 2.75) is 0 Å². The molecule has 1 aromatic carbocycles. The Bertz CT molecular complexity index is 1310. The highest BCUT2D eigenvalue weighted by molar-refractivity contribution is 5.87. The Kier molecular flexibility index (Phi) is 6.42. The lowest BCUT2D eigenvalue weighted by Gasteiger charge is -2.26. The molecular weight excluding hydrogens is 426 g/mol. The van der Waals surface area contributed by atoms with Gasteiger partial charge in [0.25, 0.3) is 0 Å². The van der Waals surface area contributed by atoms with E-state index >= 15 is 0 Å². The van der Waals surface area contributed by atoms with Gasteiger partial charge in [-0.1, -0.05) is 24.8 Å². The van der Waals surface area contributed by atoms with Crippen LogP contribution in [0.1, 0.15) is 5.56 Å². The second kappa shape index (κ2) is 9.94. The molecule has 0 radical (unpaired) electrons. The summed E-state index contributed by atoms with van der Waals surface area (Å²) in [5.41, 5.74) is 6.21. The summed E-state index contributed by atoms with van der Waals surface area (Å²) in [4.78, 5) is 15.7. The third-order valence-electron chi connectivity index (χ3n) is 6.04. The third kappa shape index (κ3) is 4.46. The minimum absolute atomic E-state index is 0.627. The van der Waals surface area contributed by atoms with Gasteiger partial charge in [0, 0.05) is 79.6 Å². The fraction of sp³-hybridized carbons (Fsp3) is 0.231. The van der Waals surface area contributed by atoms with Crippen LogP contribution in [0.25, 0.3) is 34.0 Å². The van der Waals surface area contributed by atoms with Crippen molar-refractivity contribution in [2.24, 2.45) is 4.99 Å². The topological polar surface area (TPSA) is 79.9 Å². The number of aromatic nitrogens is 4. The fourth-order valence-electron chi connectivity index (χ4n) is 4.20. The molecule has 1 fully saturated rings. The standard InChI is InChI=1S/C26H27N7O/c1-3-21-22(5-4-6-24(21)27-2)23-17-31-33-18-20(16-30-26(23)33)19-7-8-25(29-15-19)34-14-13-32-11-9-28-10-12-32/h3-8,15-18,28H,1-2,9-14H2. The van der Waals surface area contributed by atoms with Gasteiger partial charge in [0.05, 0.1) is 11.9 Å². The summed E-state index contributed by atoms with van der Waals surface area (Å²) in [5.74, 6) is 0.627. The molecule has 1 aliphatic heterocycles. The van der Waals surface area contributed by atoms with Crippen LogP contribution in [0.3, 0.4) is 0 Å². The lowest BCUT2D eigenvalue weighted by Crippen LogP contribution is -2.44. The molecule has 0 amide bonds. The minimum Gasteiger partial charge on any atom is -0.476 e. The number of fused-ring (bicyclic) bond motifs is 1. The molecule has 8 nitrogen and oxygen atoms in total. The van der Waals surface area contributed by atoms with Crippen molar-refractivity contribution >= 4 is 24.1 Å². The Labute approximate surface area is 198 Å². The highest BCUT2D eigenvalue weighted by Crippen LogP contribution is 2.34. The normalized spacial score (nSPS) is 14.2. The molecule has 1 saturated heterocycles. The predicted octanol–water partition coefficient (Wildman–Crippen LogP) is 3.72. The molecule has 5 rings (SSSR count). The number of aliphatic imine (C=N–C) groups is 1. The summed E-state index contributed by atoms with van der Waals surface area (Å²) in [7, 11) is 0. The Morgan fingerprint density at radius 1 is 1.03 bits per heavy atom. The van der Waals surface area contributed by atoms with E-state index in [1.807, 2.05) is 55.1 Å². The summed E-state index contributed by atoms with van der Waals surface area (Å²) in [6, 6.07) is 9.77. The van der Waals surface area contributed by atoms with E-state index in [2.05, 4.69) is 38.6 Å². The summed E-state index contributed by atoms with van der Waals surface area (Å²) < 4.78 is 7.62. The number of rotatable bonds is 8. The van der Waals surface area contributed by atoms with Crippen LogP contribution in [0.5, 0.6) is 5.88 Å². The van der Waals surface area contributed by atoms with Gasteiger partial charge in [0.2, 0.25) is 5.88 Å². The number of nitrogens with one attached hydrogen (secondary N) is 1. The molecule has 4 aromatic rings. The average molecular weight is 454 g/mol. The molecule has 0 spiro atoms. The zero-order valence-electron chi connectivity index (χ0n) is 19.0. The van der Waals surface area contributed by atoms with Crippen molar-refractivity contribution in [3.05, 3.63) is 67.3 Å². The van der Waals surface area contributed by atoms with Gasteiger partial charge in [0.15, 0.2) is 5.65 Å². The van der Waals surface area contributed by atoms with E-state index in [9.17, 15) is 0 Å². The quantitative estimate of drug-likeness (QED) is 0.410. The Hall–Kier alpha value is -3.88. The van der Waals surface area contributed by atoms with Crippen molar-refractivity contribution in [1.29, 1.82) is 0 Å². The number of hydrogen-bond acceptors (Lipinski definition) is 7. The second-order valence-corrected chi connectivity index (χ2v) is 8.09. The monoisotopic (exact) mass is 453 g/mol. The molecule has 3 aromatic heterocycles. The van der Waals surface area contributed by atoms with Crippen LogP contribution >= 0.6 is 0 Å². The van der Waals surface area contributed by atoms with Crippen molar-refractivity contribution in [3.63, 3.8) is 0 Å². The minimum atomic E-state index is 0.627. The van der Waals surface area contributed by atoms with Crippen LogP contribution < -0.4 is 10.1 Å². The van der Waals surface area contributed by atoms with Gasteiger partial charge < -0.3 is 10.1 Å². The zero-order valence-corrected chi connectivity index (χ0v) is 19.0. The SMILES string of the molecule is C=Cc1c(N=C)cccc1-c1cnn2cc(-c3ccc(OCCN4CCNCC4)nc3)cnc12. The van der Waals surface area contributed by atoms with Crippen LogP contribution in [-0.2, 0) is 0 Å². The number of nitrogens with zero attached hydrogens (tertiary/aromatic N) is 6. The molecule has 0 aliphatic carbocycles.